The van der Waals surface area contributed by atoms with Crippen LogP contribution in [0.15, 0.2) is 52.4 Å². The predicted molar refractivity (Wildman–Crippen MR) is 153 cm³/mol. The van der Waals surface area contributed by atoms with E-state index in [4.69, 9.17) is 11.1 Å². The molecule has 1 heterocycles. The molecule has 0 aromatic heterocycles. The smallest absolute Gasteiger partial charge is 0.323 e. The van der Waals surface area contributed by atoms with Gasteiger partial charge in [0.1, 0.15) is 12.6 Å². The molecule has 0 spiro atoms. The zero-order valence-electron chi connectivity index (χ0n) is 22.5. The third-order valence-electron chi connectivity index (χ3n) is 7.09. The number of rotatable bonds is 12. The van der Waals surface area contributed by atoms with Crippen molar-refractivity contribution in [2.75, 3.05) is 26.2 Å². The molecule has 41 heavy (non-hydrogen) atoms. The summed E-state index contributed by atoms with van der Waals surface area (Å²) in [7, 11) is -4.24. The molecule has 2 fully saturated rings. The van der Waals surface area contributed by atoms with Crippen molar-refractivity contribution in [1.82, 2.24) is 19.8 Å². The molecule has 220 valence electrons. The van der Waals surface area contributed by atoms with Crippen LogP contribution in [-0.2, 0) is 24.4 Å². The molecule has 2 aromatic rings. The molecule has 1 aliphatic heterocycles. The number of hydrogen-bond donors (Lipinski definition) is 5. The van der Waals surface area contributed by atoms with E-state index >= 15 is 0 Å². The fraction of sp³-hybridized carbons (Fsp3) is 0.444. The SMILES string of the molecule is N=C(N)N=CN1CCC[C@H](CNC(=O)C[C@@H](NS(=O)(=O)c2ccc3ccccc3c2)C(=O)N(CC(=O)O)C2CC2)C1. The number of nitrogens with zero attached hydrogens (tertiary/aromatic N) is 3. The van der Waals surface area contributed by atoms with E-state index in [1.807, 2.05) is 17.0 Å². The molecule has 2 aromatic carbocycles. The molecule has 14 heteroatoms. The molecule has 1 aliphatic carbocycles. The van der Waals surface area contributed by atoms with E-state index in [0.717, 1.165) is 29.7 Å². The van der Waals surface area contributed by atoms with Gasteiger partial charge < -0.3 is 26.0 Å². The Morgan fingerprint density at radius 2 is 1.90 bits per heavy atom. The van der Waals surface area contributed by atoms with Gasteiger partial charge in [-0.25, -0.2) is 13.4 Å². The monoisotopic (exact) mass is 585 g/mol. The van der Waals surface area contributed by atoms with Crippen molar-refractivity contribution < 1.29 is 27.9 Å². The van der Waals surface area contributed by atoms with Crippen molar-refractivity contribution in [1.29, 1.82) is 5.41 Å². The second kappa shape index (κ2) is 13.1. The Bertz CT molecular complexity index is 1440. The standard InChI is InChI=1S/C27H35N7O6S/c28-27(29)31-17-33-11-3-4-18(15-33)14-30-24(35)13-23(26(38)34(16-25(36)37)21-8-9-21)32-41(39,40)22-10-7-19-5-1-2-6-20(19)12-22/h1-2,5-7,10,12,17-18,21,23,32H,3-4,8-9,11,13-16H2,(H3,28,29)(H,30,35)(H,36,37)/t18-,23-/m1/s1. The van der Waals surface area contributed by atoms with Crippen molar-refractivity contribution in [2.24, 2.45) is 16.6 Å². The average Bonchev–Trinajstić information content (AvgIpc) is 3.78. The first-order valence-corrected chi connectivity index (χ1v) is 14.9. The highest BCUT2D eigenvalue weighted by Gasteiger charge is 2.39. The summed E-state index contributed by atoms with van der Waals surface area (Å²) in [4.78, 5) is 44.7. The van der Waals surface area contributed by atoms with Crippen LogP contribution in [0.1, 0.15) is 32.1 Å². The van der Waals surface area contributed by atoms with Gasteiger partial charge in [0, 0.05) is 25.7 Å². The molecule has 2 aliphatic rings. The topological polar surface area (TPSA) is 198 Å². The number of nitrogens with one attached hydrogen (secondary N) is 3. The number of piperidine rings is 1. The van der Waals surface area contributed by atoms with Crippen LogP contribution in [0.4, 0.5) is 0 Å². The number of fused-ring (bicyclic) bond motifs is 1. The fourth-order valence-electron chi connectivity index (χ4n) is 4.92. The van der Waals surface area contributed by atoms with Gasteiger partial charge in [0.05, 0.1) is 17.7 Å². The van der Waals surface area contributed by atoms with Gasteiger partial charge in [0.2, 0.25) is 27.8 Å². The van der Waals surface area contributed by atoms with Gasteiger partial charge in [-0.05, 0) is 54.5 Å². The fourth-order valence-corrected chi connectivity index (χ4v) is 6.14. The first-order valence-electron chi connectivity index (χ1n) is 13.4. The number of likely N-dealkylation sites (tertiary alicyclic amines) is 1. The maximum atomic E-state index is 13.5. The lowest BCUT2D eigenvalue weighted by Crippen LogP contribution is -2.52. The minimum Gasteiger partial charge on any atom is -0.480 e. The molecule has 2 amide bonds. The minimum atomic E-state index is -4.24. The zero-order valence-corrected chi connectivity index (χ0v) is 23.3. The van der Waals surface area contributed by atoms with Crippen LogP contribution < -0.4 is 15.8 Å². The van der Waals surface area contributed by atoms with Crippen LogP contribution in [0.5, 0.6) is 0 Å². The zero-order chi connectivity index (χ0) is 29.6. The highest BCUT2D eigenvalue weighted by atomic mass is 32.2. The van der Waals surface area contributed by atoms with Crippen molar-refractivity contribution in [3.05, 3.63) is 42.5 Å². The van der Waals surface area contributed by atoms with E-state index in [2.05, 4.69) is 15.0 Å². The van der Waals surface area contributed by atoms with E-state index in [-0.39, 0.29) is 22.8 Å². The number of carbonyl (C=O) groups excluding carboxylic acids is 2. The molecule has 1 saturated heterocycles. The van der Waals surface area contributed by atoms with Crippen LogP contribution in [0.25, 0.3) is 10.8 Å². The molecule has 2 atom stereocenters. The van der Waals surface area contributed by atoms with Crippen LogP contribution in [0.3, 0.4) is 0 Å². The Labute approximate surface area is 238 Å². The number of nitrogens with two attached hydrogens (primary N) is 1. The highest BCUT2D eigenvalue weighted by Crippen LogP contribution is 2.28. The van der Waals surface area contributed by atoms with Gasteiger partial charge in [-0.1, -0.05) is 30.3 Å². The largest absolute Gasteiger partial charge is 0.480 e. The first-order chi connectivity index (χ1) is 19.5. The second-order valence-electron chi connectivity index (χ2n) is 10.4. The number of benzene rings is 2. The van der Waals surface area contributed by atoms with E-state index in [9.17, 15) is 27.9 Å². The lowest BCUT2D eigenvalue weighted by atomic mass is 9.98. The van der Waals surface area contributed by atoms with Crippen LogP contribution in [-0.4, -0.2) is 91.7 Å². The summed E-state index contributed by atoms with van der Waals surface area (Å²) in [5, 5.41) is 20.9. The summed E-state index contributed by atoms with van der Waals surface area (Å²) in [6.45, 7) is 1.04. The lowest BCUT2D eigenvalue weighted by molar-refractivity contribution is -0.146. The van der Waals surface area contributed by atoms with E-state index in [0.29, 0.717) is 31.3 Å². The molecule has 1 saturated carbocycles. The lowest BCUT2D eigenvalue weighted by Gasteiger charge is -2.31. The van der Waals surface area contributed by atoms with Gasteiger partial charge in [-0.2, -0.15) is 4.72 Å². The summed E-state index contributed by atoms with van der Waals surface area (Å²) in [6, 6.07) is 10.00. The maximum Gasteiger partial charge on any atom is 0.323 e. The third kappa shape index (κ3) is 8.47. The van der Waals surface area contributed by atoms with Crippen molar-refractivity contribution in [2.45, 2.75) is 49.1 Å². The van der Waals surface area contributed by atoms with Crippen molar-refractivity contribution >= 4 is 50.9 Å². The number of carboxylic acids is 1. The molecule has 6 N–H and O–H groups in total. The molecule has 0 bridgehead atoms. The number of amides is 2. The van der Waals surface area contributed by atoms with Gasteiger partial charge in [0.25, 0.3) is 0 Å². The summed E-state index contributed by atoms with van der Waals surface area (Å²) in [5.74, 6) is -2.74. The van der Waals surface area contributed by atoms with Gasteiger partial charge in [-0.3, -0.25) is 19.8 Å². The Kier molecular flexibility index (Phi) is 9.55. The molecular formula is C27H35N7O6S. The quantitative estimate of drug-likeness (QED) is 0.177. The summed E-state index contributed by atoms with van der Waals surface area (Å²) in [6.07, 6.45) is 3.93. The number of sulfonamides is 1. The van der Waals surface area contributed by atoms with Crippen LogP contribution in [0, 0.1) is 11.3 Å². The Balaban J connectivity index is 1.48. The average molecular weight is 586 g/mol. The van der Waals surface area contributed by atoms with Crippen LogP contribution in [0.2, 0.25) is 0 Å². The normalized spacial score (nSPS) is 18.2. The number of aliphatic imine (C=N–C) groups is 1. The second-order valence-corrected chi connectivity index (χ2v) is 12.1. The summed E-state index contributed by atoms with van der Waals surface area (Å²) >= 11 is 0. The minimum absolute atomic E-state index is 0.0693. The number of carboxylic acid groups (broad SMARTS) is 1. The molecule has 13 nitrogen and oxygen atoms in total. The first kappa shape index (κ1) is 29.9. The Hall–Kier alpha value is -4.04. The summed E-state index contributed by atoms with van der Waals surface area (Å²) < 4.78 is 29.1. The van der Waals surface area contributed by atoms with Crippen molar-refractivity contribution in [3.63, 3.8) is 0 Å². The third-order valence-corrected chi connectivity index (χ3v) is 8.56. The van der Waals surface area contributed by atoms with Gasteiger partial charge in [-0.15, -0.1) is 0 Å². The number of hydrogen-bond acceptors (Lipinski definition) is 6. The summed E-state index contributed by atoms with van der Waals surface area (Å²) in [5.41, 5.74) is 5.28. The molecular weight excluding hydrogens is 550 g/mol. The maximum absolute atomic E-state index is 13.5. The van der Waals surface area contributed by atoms with Gasteiger partial charge >= 0.3 is 5.97 Å². The number of guanidine groups is 1. The molecule has 4 rings (SSSR count). The van der Waals surface area contributed by atoms with E-state index < -0.39 is 46.8 Å². The Morgan fingerprint density at radius 3 is 2.59 bits per heavy atom. The Morgan fingerprint density at radius 1 is 1.17 bits per heavy atom. The molecule has 0 radical (unpaired) electrons. The highest BCUT2D eigenvalue weighted by molar-refractivity contribution is 7.89. The number of carbonyl (C=O) groups is 3. The van der Waals surface area contributed by atoms with Crippen LogP contribution >= 0.6 is 0 Å². The predicted octanol–water partition coefficient (Wildman–Crippen LogP) is 0.702. The van der Waals surface area contributed by atoms with Crippen molar-refractivity contribution in [3.8, 4) is 0 Å². The van der Waals surface area contributed by atoms with E-state index in [1.165, 1.54) is 18.5 Å². The molecule has 0 unspecified atom stereocenters. The van der Waals surface area contributed by atoms with E-state index in [1.54, 1.807) is 18.2 Å². The number of aliphatic carboxylic acids is 1. The van der Waals surface area contributed by atoms with Gasteiger partial charge in [0.15, 0.2) is 0 Å².